The lowest BCUT2D eigenvalue weighted by molar-refractivity contribution is 1.40. The predicted molar refractivity (Wildman–Crippen MR) is 50.4 cm³/mol. The Balaban J connectivity index is 0.000000292. The number of benzene rings is 1. The van der Waals surface area contributed by atoms with Crippen LogP contribution in [0.1, 0.15) is 18.1 Å². The van der Waals surface area contributed by atoms with Crippen LogP contribution in [0.5, 0.6) is 0 Å². The molecule has 0 nitrogen and oxygen atoms in total. The quantitative estimate of drug-likeness (QED) is 0.494. The van der Waals surface area contributed by atoms with E-state index in [9.17, 15) is 0 Å². The van der Waals surface area contributed by atoms with Crippen molar-refractivity contribution >= 4 is 0 Å². The molecule has 0 heterocycles. The fraction of sp³-hybridized carbons (Fsp3) is 0.273. The van der Waals surface area contributed by atoms with Gasteiger partial charge in [0.25, 0.3) is 0 Å². The van der Waals surface area contributed by atoms with Crippen LogP contribution in [0.2, 0.25) is 0 Å². The van der Waals surface area contributed by atoms with Crippen LogP contribution in [0, 0.1) is 26.2 Å². The van der Waals surface area contributed by atoms with E-state index in [1.54, 1.807) is 6.92 Å². The van der Waals surface area contributed by atoms with Crippen molar-refractivity contribution < 1.29 is 0 Å². The maximum Gasteiger partial charge on any atom is -0.00297 e. The van der Waals surface area contributed by atoms with Crippen LogP contribution in [0.15, 0.2) is 24.3 Å². The molecule has 58 valence electrons. The van der Waals surface area contributed by atoms with Gasteiger partial charge in [0, 0.05) is 0 Å². The van der Waals surface area contributed by atoms with Crippen molar-refractivity contribution in [2.24, 2.45) is 0 Å². The van der Waals surface area contributed by atoms with Gasteiger partial charge < -0.3 is 0 Å². The van der Waals surface area contributed by atoms with Crippen LogP contribution in [0.4, 0.5) is 0 Å². The standard InChI is InChI=1S/C8H10.C3H4/c1-7-3-5-8(2)6-4-7;1-3-2/h3-6H,1-2H3;1H,2H3. The second kappa shape index (κ2) is 5.56. The Morgan fingerprint density at radius 3 is 1.36 bits per heavy atom. The molecule has 0 radical (unpaired) electrons. The molecule has 0 saturated carbocycles. The highest BCUT2D eigenvalue weighted by molar-refractivity contribution is 5.19. The highest BCUT2D eigenvalue weighted by Gasteiger charge is 1.79. The molecule has 11 heavy (non-hydrogen) atoms. The van der Waals surface area contributed by atoms with Crippen molar-refractivity contribution in [3.8, 4) is 12.3 Å². The van der Waals surface area contributed by atoms with Crippen molar-refractivity contribution in [3.63, 3.8) is 0 Å². The van der Waals surface area contributed by atoms with Crippen LogP contribution >= 0.6 is 0 Å². The fourth-order valence-corrected chi connectivity index (χ4v) is 0.637. The van der Waals surface area contributed by atoms with Crippen LogP contribution in [0.25, 0.3) is 0 Å². The molecule has 1 aromatic carbocycles. The van der Waals surface area contributed by atoms with Crippen molar-refractivity contribution in [1.29, 1.82) is 0 Å². The van der Waals surface area contributed by atoms with E-state index in [4.69, 9.17) is 0 Å². The summed E-state index contributed by atoms with van der Waals surface area (Å²) in [5, 5.41) is 0. The molecule has 1 aromatic rings. The zero-order valence-corrected chi connectivity index (χ0v) is 7.39. The van der Waals surface area contributed by atoms with Gasteiger partial charge in [-0.1, -0.05) is 35.4 Å². The minimum Gasteiger partial charge on any atom is -0.120 e. The molecule has 0 aliphatic carbocycles. The lowest BCUT2D eigenvalue weighted by Crippen LogP contribution is -1.70. The van der Waals surface area contributed by atoms with Crippen LogP contribution in [-0.2, 0) is 0 Å². The minimum absolute atomic E-state index is 1.33. The van der Waals surface area contributed by atoms with E-state index in [1.807, 2.05) is 0 Å². The van der Waals surface area contributed by atoms with Crippen molar-refractivity contribution in [1.82, 2.24) is 0 Å². The van der Waals surface area contributed by atoms with Crippen molar-refractivity contribution in [2.75, 3.05) is 0 Å². The number of terminal acetylenes is 1. The van der Waals surface area contributed by atoms with Crippen LogP contribution in [0.3, 0.4) is 0 Å². The summed E-state index contributed by atoms with van der Waals surface area (Å²) in [7, 11) is 0. The highest BCUT2D eigenvalue weighted by Crippen LogP contribution is 1.99. The van der Waals surface area contributed by atoms with Crippen LogP contribution in [-0.4, -0.2) is 0 Å². The molecule has 0 aliphatic rings. The van der Waals surface area contributed by atoms with Gasteiger partial charge in [-0.05, 0) is 20.8 Å². The number of hydrogen-bond donors (Lipinski definition) is 0. The van der Waals surface area contributed by atoms with E-state index < -0.39 is 0 Å². The second-order valence-electron chi connectivity index (χ2n) is 2.44. The van der Waals surface area contributed by atoms with Gasteiger partial charge in [-0.15, -0.1) is 12.3 Å². The highest BCUT2D eigenvalue weighted by atomic mass is 13.9. The monoisotopic (exact) mass is 146 g/mol. The zero-order chi connectivity index (χ0) is 8.69. The molecule has 0 spiro atoms. The first-order valence-corrected chi connectivity index (χ1v) is 3.61. The molecule has 0 amide bonds. The van der Waals surface area contributed by atoms with Gasteiger partial charge in [-0.2, -0.15) is 0 Å². The molecule has 0 atom stereocenters. The van der Waals surface area contributed by atoms with Gasteiger partial charge in [0.05, 0.1) is 0 Å². The maximum absolute atomic E-state index is 4.60. The van der Waals surface area contributed by atoms with E-state index in [0.717, 1.165) is 0 Å². The van der Waals surface area contributed by atoms with Crippen molar-refractivity contribution in [2.45, 2.75) is 20.8 Å². The van der Waals surface area contributed by atoms with E-state index in [2.05, 4.69) is 50.5 Å². The lowest BCUT2D eigenvalue weighted by Gasteiger charge is -1.90. The van der Waals surface area contributed by atoms with Gasteiger partial charge in [0.1, 0.15) is 0 Å². The summed E-state index contributed by atoms with van der Waals surface area (Å²) in [6.07, 6.45) is 4.60. The summed E-state index contributed by atoms with van der Waals surface area (Å²) in [6, 6.07) is 8.48. The molecule has 0 aromatic heterocycles. The van der Waals surface area contributed by atoms with Gasteiger partial charge >= 0.3 is 0 Å². The summed E-state index contributed by atoms with van der Waals surface area (Å²) >= 11 is 0. The Bertz CT molecular complexity index is 202. The number of rotatable bonds is 0. The molecule has 0 heteroatoms. The summed E-state index contributed by atoms with van der Waals surface area (Å²) in [6.45, 7) is 5.85. The third-order valence-electron chi connectivity index (χ3n) is 1.22. The SMILES string of the molecule is C#CC.Cc1ccc(C)cc1. The Labute approximate surface area is 69.3 Å². The third kappa shape index (κ3) is 5.24. The third-order valence-corrected chi connectivity index (χ3v) is 1.22. The molecule has 0 saturated heterocycles. The molecule has 1 rings (SSSR count). The topological polar surface area (TPSA) is 0 Å². The van der Waals surface area contributed by atoms with E-state index in [-0.39, 0.29) is 0 Å². The first-order valence-electron chi connectivity index (χ1n) is 3.61. The van der Waals surface area contributed by atoms with Crippen LogP contribution < -0.4 is 0 Å². The summed E-state index contributed by atoms with van der Waals surface area (Å²) in [5.74, 6) is 2.25. The molecule has 0 fully saturated rings. The smallest absolute Gasteiger partial charge is 0.00297 e. The average molecular weight is 146 g/mol. The number of hydrogen-bond acceptors (Lipinski definition) is 0. The van der Waals surface area contributed by atoms with E-state index in [1.165, 1.54) is 11.1 Å². The summed E-state index contributed by atoms with van der Waals surface area (Å²) in [5.41, 5.74) is 2.66. The summed E-state index contributed by atoms with van der Waals surface area (Å²) < 4.78 is 0. The summed E-state index contributed by atoms with van der Waals surface area (Å²) in [4.78, 5) is 0. The largest absolute Gasteiger partial charge is 0.120 e. The lowest BCUT2D eigenvalue weighted by atomic mass is 10.2. The fourth-order valence-electron chi connectivity index (χ4n) is 0.637. The zero-order valence-electron chi connectivity index (χ0n) is 7.39. The first-order chi connectivity index (χ1) is 5.20. The second-order valence-corrected chi connectivity index (χ2v) is 2.44. The molecule has 0 N–H and O–H groups in total. The molecule has 0 bridgehead atoms. The van der Waals surface area contributed by atoms with Gasteiger partial charge in [-0.25, -0.2) is 0 Å². The Morgan fingerprint density at radius 1 is 1.00 bits per heavy atom. The Morgan fingerprint density at radius 2 is 1.18 bits per heavy atom. The molecule has 0 aliphatic heterocycles. The minimum atomic E-state index is 1.33. The van der Waals surface area contributed by atoms with Gasteiger partial charge in [-0.3, -0.25) is 0 Å². The van der Waals surface area contributed by atoms with Gasteiger partial charge in [0.2, 0.25) is 0 Å². The Kier molecular flexibility index (Phi) is 4.94. The average Bonchev–Trinajstić information content (AvgIpc) is 1.97. The normalized spacial score (nSPS) is 7.45. The molecular weight excluding hydrogens is 132 g/mol. The van der Waals surface area contributed by atoms with E-state index in [0.29, 0.717) is 0 Å². The first kappa shape index (κ1) is 9.78. The van der Waals surface area contributed by atoms with Crippen molar-refractivity contribution in [3.05, 3.63) is 35.4 Å². The Hall–Kier alpha value is -1.22. The number of aryl methyl sites for hydroxylation is 2. The predicted octanol–water partition coefficient (Wildman–Crippen LogP) is 2.94. The van der Waals surface area contributed by atoms with Gasteiger partial charge in [0.15, 0.2) is 0 Å². The molecule has 0 unspecified atom stereocenters. The van der Waals surface area contributed by atoms with E-state index >= 15 is 0 Å². The maximum atomic E-state index is 4.60. The molecular formula is C11H14.